The van der Waals surface area contributed by atoms with Crippen LogP contribution in [-0.2, 0) is 9.53 Å². The molecule has 4 fully saturated rings. The van der Waals surface area contributed by atoms with Crippen LogP contribution < -0.4 is 16.8 Å². The molecule has 0 spiro atoms. The first-order valence-corrected chi connectivity index (χ1v) is 14.8. The first-order valence-electron chi connectivity index (χ1n) is 14.8. The summed E-state index contributed by atoms with van der Waals surface area (Å²) in [7, 11) is 3.34. The van der Waals surface area contributed by atoms with Crippen molar-refractivity contribution in [1.29, 1.82) is 5.41 Å². The SMILES string of the molecule is C[C@H](CCC(N)=O)[C@H]1CC[C@H]2[C@@H]3[C@H](O)C[C@@H]4C[C@H](OC(=O)NC(N)=NC(=N)N(C)C)CC[C@]4(C)[C@H]3CC[C@]12C. The number of fused-ring (bicyclic) bond motifs is 5. The average molecular weight is 547 g/mol. The second-order valence-corrected chi connectivity index (χ2v) is 13.6. The minimum atomic E-state index is -0.651. The van der Waals surface area contributed by atoms with Crippen molar-refractivity contribution in [2.45, 2.75) is 97.2 Å². The van der Waals surface area contributed by atoms with Crippen LogP contribution in [0.1, 0.15) is 85.0 Å². The van der Waals surface area contributed by atoms with Gasteiger partial charge in [-0.05, 0) is 104 Å². The van der Waals surface area contributed by atoms with Gasteiger partial charge in [0.15, 0.2) is 0 Å². The topological polar surface area (TPSA) is 167 Å². The van der Waals surface area contributed by atoms with E-state index in [-0.39, 0.29) is 40.9 Å². The van der Waals surface area contributed by atoms with Crippen molar-refractivity contribution in [2.75, 3.05) is 14.1 Å². The molecule has 39 heavy (non-hydrogen) atoms. The third kappa shape index (κ3) is 5.77. The molecule has 7 N–H and O–H groups in total. The largest absolute Gasteiger partial charge is 0.446 e. The predicted octanol–water partition coefficient (Wildman–Crippen LogP) is 3.42. The lowest BCUT2D eigenvalue weighted by molar-refractivity contribution is -0.174. The van der Waals surface area contributed by atoms with Gasteiger partial charge in [0.1, 0.15) is 6.10 Å². The molecule has 0 aliphatic heterocycles. The predicted molar refractivity (Wildman–Crippen MR) is 151 cm³/mol. The van der Waals surface area contributed by atoms with Crippen molar-refractivity contribution >= 4 is 23.9 Å². The summed E-state index contributed by atoms with van der Waals surface area (Å²) in [5.74, 6) is 2.16. The molecular formula is C29H50N6O4. The number of primary amides is 1. The van der Waals surface area contributed by atoms with Gasteiger partial charge >= 0.3 is 6.09 Å². The molecule has 2 amide bonds. The molecule has 0 bridgehead atoms. The number of guanidine groups is 2. The lowest BCUT2D eigenvalue weighted by Crippen LogP contribution is -2.59. The number of nitrogens with one attached hydrogen (secondary N) is 2. The van der Waals surface area contributed by atoms with Crippen LogP contribution in [0.5, 0.6) is 0 Å². The van der Waals surface area contributed by atoms with E-state index in [4.69, 9.17) is 21.6 Å². The molecule has 4 aliphatic carbocycles. The van der Waals surface area contributed by atoms with Crippen molar-refractivity contribution in [3.8, 4) is 0 Å². The summed E-state index contributed by atoms with van der Waals surface area (Å²) >= 11 is 0. The Morgan fingerprint density at radius 2 is 1.77 bits per heavy atom. The van der Waals surface area contributed by atoms with Gasteiger partial charge in [-0.2, -0.15) is 4.99 Å². The number of hydrogen-bond donors (Lipinski definition) is 5. The minimum Gasteiger partial charge on any atom is -0.446 e. The van der Waals surface area contributed by atoms with Crippen molar-refractivity contribution in [2.24, 2.45) is 62.8 Å². The smallest absolute Gasteiger partial charge is 0.414 e. The van der Waals surface area contributed by atoms with E-state index in [1.54, 1.807) is 14.1 Å². The fraction of sp³-hybridized carbons (Fsp3) is 0.862. The van der Waals surface area contributed by atoms with E-state index in [0.717, 1.165) is 44.9 Å². The number of carbonyl (C=O) groups is 2. The van der Waals surface area contributed by atoms with Crippen LogP contribution in [0.4, 0.5) is 4.79 Å². The van der Waals surface area contributed by atoms with Gasteiger partial charge in [0, 0.05) is 20.5 Å². The summed E-state index contributed by atoms with van der Waals surface area (Å²) in [5.41, 5.74) is 11.5. The molecule has 0 saturated heterocycles. The second kappa shape index (κ2) is 11.3. The number of aliphatic hydroxyl groups is 1. The van der Waals surface area contributed by atoms with Crippen LogP contribution in [0.2, 0.25) is 0 Å². The van der Waals surface area contributed by atoms with E-state index < -0.39 is 6.09 Å². The third-order valence-electron chi connectivity index (χ3n) is 11.4. The Hall–Kier alpha value is -2.36. The maximum atomic E-state index is 12.5. The number of hydrogen-bond acceptors (Lipinski definition) is 5. The number of ether oxygens (including phenoxy) is 1. The number of carbonyl (C=O) groups excluding carboxylic acids is 2. The first-order chi connectivity index (χ1) is 18.3. The summed E-state index contributed by atoms with van der Waals surface area (Å²) in [4.78, 5) is 29.2. The Balaban J connectivity index is 1.40. The van der Waals surface area contributed by atoms with Gasteiger partial charge in [0.25, 0.3) is 0 Å². The molecule has 10 heteroatoms. The Kier molecular flexibility index (Phi) is 8.55. The van der Waals surface area contributed by atoms with Crippen LogP contribution in [0.25, 0.3) is 0 Å². The standard InChI is InChI=1S/C29H50N6O4/c1-16(6-9-23(30)37)19-7-8-20-24-21(11-13-29(19,20)3)28(2)12-10-18(14-17(28)15-22(24)36)39-27(38)34-25(31)33-26(32)35(4)5/h16-22,24,36H,6-15H2,1-5H3,(H2,30,37)(H4,31,32,33,34,38)/t16-,17+,18-,19-,20+,21+,22-,24+,28+,29-/m1/s1. The number of nitrogens with two attached hydrogens (primary N) is 2. The molecule has 10 nitrogen and oxygen atoms in total. The number of aliphatic imine (C=N–C) groups is 1. The number of nitrogens with zero attached hydrogens (tertiary/aromatic N) is 2. The summed E-state index contributed by atoms with van der Waals surface area (Å²) in [6.07, 6.45) is 7.94. The quantitative estimate of drug-likeness (QED) is 0.262. The summed E-state index contributed by atoms with van der Waals surface area (Å²) in [5, 5.41) is 21.8. The highest BCUT2D eigenvalue weighted by molar-refractivity contribution is 5.99. The highest BCUT2D eigenvalue weighted by Gasteiger charge is 2.63. The van der Waals surface area contributed by atoms with E-state index in [1.807, 2.05) is 0 Å². The Morgan fingerprint density at radius 1 is 1.10 bits per heavy atom. The van der Waals surface area contributed by atoms with Crippen LogP contribution in [0, 0.1) is 51.7 Å². The zero-order chi connectivity index (χ0) is 28.7. The number of alkyl carbamates (subject to hydrolysis) is 1. The fourth-order valence-electron chi connectivity index (χ4n) is 9.36. The Labute approximate surface area is 233 Å². The van der Waals surface area contributed by atoms with Gasteiger partial charge in [-0.25, -0.2) is 4.79 Å². The third-order valence-corrected chi connectivity index (χ3v) is 11.4. The molecule has 0 radical (unpaired) electrons. The zero-order valence-corrected chi connectivity index (χ0v) is 24.4. The van der Waals surface area contributed by atoms with Gasteiger partial charge in [-0.1, -0.05) is 20.8 Å². The first kappa shape index (κ1) is 29.6. The van der Waals surface area contributed by atoms with Gasteiger partial charge in [0.2, 0.25) is 17.8 Å². The van der Waals surface area contributed by atoms with Crippen LogP contribution in [-0.4, -0.2) is 60.2 Å². The Bertz CT molecular complexity index is 987. The summed E-state index contributed by atoms with van der Waals surface area (Å²) < 4.78 is 5.73. The molecule has 0 unspecified atom stereocenters. The summed E-state index contributed by atoms with van der Waals surface area (Å²) in [6, 6.07) is 0. The normalized spacial score (nSPS) is 40.5. The zero-order valence-electron chi connectivity index (χ0n) is 24.4. The van der Waals surface area contributed by atoms with Gasteiger partial charge < -0.3 is 26.2 Å². The van der Waals surface area contributed by atoms with E-state index in [1.165, 1.54) is 17.7 Å². The number of amides is 2. The molecule has 0 heterocycles. The molecule has 4 saturated carbocycles. The van der Waals surface area contributed by atoms with Crippen molar-refractivity contribution in [3.63, 3.8) is 0 Å². The monoisotopic (exact) mass is 546 g/mol. The number of aliphatic hydroxyl groups excluding tert-OH is 1. The molecular weight excluding hydrogens is 496 g/mol. The lowest BCUT2D eigenvalue weighted by atomic mass is 9.43. The molecule has 4 rings (SSSR count). The Morgan fingerprint density at radius 3 is 2.44 bits per heavy atom. The molecule has 0 aromatic heterocycles. The molecule has 0 aromatic carbocycles. The maximum Gasteiger partial charge on any atom is 0.414 e. The van der Waals surface area contributed by atoms with Crippen LogP contribution in [0.15, 0.2) is 4.99 Å². The van der Waals surface area contributed by atoms with Crippen molar-refractivity contribution in [3.05, 3.63) is 0 Å². The highest BCUT2D eigenvalue weighted by Crippen LogP contribution is 2.68. The van der Waals surface area contributed by atoms with Crippen LogP contribution in [0.3, 0.4) is 0 Å². The van der Waals surface area contributed by atoms with Crippen molar-refractivity contribution in [1.82, 2.24) is 10.2 Å². The highest BCUT2D eigenvalue weighted by atomic mass is 16.6. The van der Waals surface area contributed by atoms with Gasteiger partial charge in [-0.3, -0.25) is 15.5 Å². The summed E-state index contributed by atoms with van der Waals surface area (Å²) in [6.45, 7) is 7.15. The minimum absolute atomic E-state index is 0.0655. The van der Waals surface area contributed by atoms with E-state index in [0.29, 0.717) is 41.9 Å². The maximum absolute atomic E-state index is 12.5. The van der Waals surface area contributed by atoms with E-state index in [9.17, 15) is 14.7 Å². The molecule has 0 aromatic rings. The number of rotatable bonds is 5. The molecule has 4 aliphatic rings. The van der Waals surface area contributed by atoms with E-state index in [2.05, 4.69) is 31.1 Å². The lowest BCUT2D eigenvalue weighted by Gasteiger charge is -2.62. The molecule has 220 valence electrons. The van der Waals surface area contributed by atoms with E-state index >= 15 is 0 Å². The molecule has 10 atom stereocenters. The second-order valence-electron chi connectivity index (χ2n) is 13.6. The van der Waals surface area contributed by atoms with Crippen molar-refractivity contribution < 1.29 is 19.4 Å². The van der Waals surface area contributed by atoms with Gasteiger partial charge in [-0.15, -0.1) is 0 Å². The fourth-order valence-corrected chi connectivity index (χ4v) is 9.36. The van der Waals surface area contributed by atoms with Crippen LogP contribution >= 0.6 is 0 Å². The average Bonchev–Trinajstić information content (AvgIpc) is 3.20. The van der Waals surface area contributed by atoms with Gasteiger partial charge in [0.05, 0.1) is 6.10 Å².